The van der Waals surface area contributed by atoms with Gasteiger partial charge in [-0.3, -0.25) is 0 Å². The number of aromatic carboxylic acids is 1. The minimum absolute atomic E-state index is 0.267. The maximum absolute atomic E-state index is 11.2. The SMILES string of the molecule is CNc1nccc(Oc2ccc3c(C(=O)O)cccc3c2)n1. The lowest BCUT2D eigenvalue weighted by atomic mass is 10.0. The van der Waals surface area contributed by atoms with E-state index in [0.29, 0.717) is 23.0 Å². The summed E-state index contributed by atoms with van der Waals surface area (Å²) in [5.74, 6) is 0.504. The van der Waals surface area contributed by atoms with Crippen molar-refractivity contribution >= 4 is 22.7 Å². The third-order valence-corrected chi connectivity index (χ3v) is 3.16. The topological polar surface area (TPSA) is 84.3 Å². The van der Waals surface area contributed by atoms with Crippen molar-refractivity contribution in [2.45, 2.75) is 0 Å². The fraction of sp³-hybridized carbons (Fsp3) is 0.0625. The second-order valence-electron chi connectivity index (χ2n) is 4.56. The predicted molar refractivity (Wildman–Crippen MR) is 82.6 cm³/mol. The Morgan fingerprint density at radius 2 is 2.09 bits per heavy atom. The molecule has 1 aromatic heterocycles. The highest BCUT2D eigenvalue weighted by Gasteiger charge is 2.09. The molecule has 3 rings (SSSR count). The van der Waals surface area contributed by atoms with E-state index in [9.17, 15) is 9.90 Å². The van der Waals surface area contributed by atoms with Crippen molar-refractivity contribution in [3.05, 3.63) is 54.2 Å². The third-order valence-electron chi connectivity index (χ3n) is 3.16. The third kappa shape index (κ3) is 2.67. The Hall–Kier alpha value is -3.15. The van der Waals surface area contributed by atoms with Gasteiger partial charge >= 0.3 is 5.97 Å². The molecule has 0 saturated carbocycles. The maximum Gasteiger partial charge on any atom is 0.336 e. The molecule has 0 fully saturated rings. The zero-order valence-corrected chi connectivity index (χ0v) is 11.8. The standard InChI is InChI=1S/C16H13N3O3/c1-17-16-18-8-7-14(19-16)22-11-5-6-12-10(9-11)3-2-4-13(12)15(20)21/h2-9H,1H3,(H,20,21)(H,17,18,19). The van der Waals surface area contributed by atoms with Crippen LogP contribution in [0.5, 0.6) is 11.6 Å². The quantitative estimate of drug-likeness (QED) is 0.769. The number of carboxylic acid groups (broad SMARTS) is 1. The fourth-order valence-electron chi connectivity index (χ4n) is 2.15. The first kappa shape index (κ1) is 13.8. The minimum Gasteiger partial charge on any atom is -0.478 e. The molecule has 0 radical (unpaired) electrons. The van der Waals surface area contributed by atoms with Gasteiger partial charge in [0.1, 0.15) is 5.75 Å². The summed E-state index contributed by atoms with van der Waals surface area (Å²) in [7, 11) is 1.72. The van der Waals surface area contributed by atoms with Crippen molar-refractivity contribution < 1.29 is 14.6 Å². The van der Waals surface area contributed by atoms with Crippen molar-refractivity contribution in [3.8, 4) is 11.6 Å². The molecule has 0 aliphatic heterocycles. The molecule has 0 bridgehead atoms. The number of carboxylic acids is 1. The van der Waals surface area contributed by atoms with E-state index < -0.39 is 5.97 Å². The number of ether oxygens (including phenoxy) is 1. The average molecular weight is 295 g/mol. The molecule has 3 aromatic rings. The fourth-order valence-corrected chi connectivity index (χ4v) is 2.15. The Bertz CT molecular complexity index is 849. The van der Waals surface area contributed by atoms with Crippen molar-refractivity contribution in [2.75, 3.05) is 12.4 Å². The van der Waals surface area contributed by atoms with Gasteiger partial charge in [0, 0.05) is 19.3 Å². The van der Waals surface area contributed by atoms with E-state index in [2.05, 4.69) is 15.3 Å². The van der Waals surface area contributed by atoms with Gasteiger partial charge in [-0.05, 0) is 35.0 Å². The van der Waals surface area contributed by atoms with Crippen LogP contribution in [0.15, 0.2) is 48.7 Å². The van der Waals surface area contributed by atoms with Gasteiger partial charge in [0.05, 0.1) is 5.56 Å². The van der Waals surface area contributed by atoms with Gasteiger partial charge in [-0.2, -0.15) is 4.98 Å². The number of benzene rings is 2. The number of aromatic nitrogens is 2. The largest absolute Gasteiger partial charge is 0.478 e. The van der Waals surface area contributed by atoms with Gasteiger partial charge in [-0.25, -0.2) is 9.78 Å². The number of nitrogens with one attached hydrogen (secondary N) is 1. The van der Waals surface area contributed by atoms with Gasteiger partial charge in [0.15, 0.2) is 0 Å². The number of anilines is 1. The summed E-state index contributed by atoms with van der Waals surface area (Å²) >= 11 is 0. The van der Waals surface area contributed by atoms with Crippen LogP contribution in [0.2, 0.25) is 0 Å². The maximum atomic E-state index is 11.2. The molecule has 0 atom stereocenters. The minimum atomic E-state index is -0.950. The van der Waals surface area contributed by atoms with Crippen LogP contribution < -0.4 is 10.1 Å². The molecular formula is C16H13N3O3. The average Bonchev–Trinajstić information content (AvgIpc) is 2.54. The van der Waals surface area contributed by atoms with Crippen LogP contribution in [0, 0.1) is 0 Å². The van der Waals surface area contributed by atoms with Crippen LogP contribution in [-0.2, 0) is 0 Å². The normalized spacial score (nSPS) is 10.4. The van der Waals surface area contributed by atoms with Crippen LogP contribution in [-0.4, -0.2) is 28.1 Å². The second-order valence-corrected chi connectivity index (χ2v) is 4.56. The van der Waals surface area contributed by atoms with E-state index in [1.54, 1.807) is 49.6 Å². The molecule has 0 unspecified atom stereocenters. The van der Waals surface area contributed by atoms with Crippen molar-refractivity contribution in [3.63, 3.8) is 0 Å². The van der Waals surface area contributed by atoms with Gasteiger partial charge in [0.2, 0.25) is 11.8 Å². The Labute approximate surface area is 126 Å². The molecule has 110 valence electrons. The Morgan fingerprint density at radius 3 is 2.86 bits per heavy atom. The smallest absolute Gasteiger partial charge is 0.336 e. The number of carbonyl (C=O) groups is 1. The van der Waals surface area contributed by atoms with Crippen LogP contribution in [0.25, 0.3) is 10.8 Å². The second kappa shape index (κ2) is 5.69. The van der Waals surface area contributed by atoms with Gasteiger partial charge in [0.25, 0.3) is 0 Å². The number of fused-ring (bicyclic) bond motifs is 1. The molecule has 2 aromatic carbocycles. The highest BCUT2D eigenvalue weighted by molar-refractivity contribution is 6.03. The summed E-state index contributed by atoms with van der Waals surface area (Å²) < 4.78 is 5.69. The first-order valence-corrected chi connectivity index (χ1v) is 6.62. The molecule has 22 heavy (non-hydrogen) atoms. The lowest BCUT2D eigenvalue weighted by molar-refractivity contribution is 0.0699. The molecule has 0 saturated heterocycles. The Balaban J connectivity index is 1.97. The highest BCUT2D eigenvalue weighted by atomic mass is 16.5. The van der Waals surface area contributed by atoms with Gasteiger partial charge < -0.3 is 15.2 Å². The summed E-state index contributed by atoms with van der Waals surface area (Å²) in [4.78, 5) is 19.4. The first-order valence-electron chi connectivity index (χ1n) is 6.62. The Morgan fingerprint density at radius 1 is 1.23 bits per heavy atom. The van der Waals surface area contributed by atoms with E-state index in [-0.39, 0.29) is 5.56 Å². The number of nitrogens with zero attached hydrogens (tertiary/aromatic N) is 2. The van der Waals surface area contributed by atoms with E-state index >= 15 is 0 Å². The predicted octanol–water partition coefficient (Wildman–Crippen LogP) is 3.16. The van der Waals surface area contributed by atoms with Crippen LogP contribution in [0.1, 0.15) is 10.4 Å². The molecule has 0 spiro atoms. The molecule has 0 aliphatic rings. The summed E-state index contributed by atoms with van der Waals surface area (Å²) in [5.41, 5.74) is 0.267. The van der Waals surface area contributed by atoms with Crippen LogP contribution >= 0.6 is 0 Å². The van der Waals surface area contributed by atoms with Crippen LogP contribution in [0.4, 0.5) is 5.95 Å². The van der Waals surface area contributed by atoms with E-state index in [1.165, 1.54) is 0 Å². The number of hydrogen-bond donors (Lipinski definition) is 2. The lowest BCUT2D eigenvalue weighted by Crippen LogP contribution is -1.98. The van der Waals surface area contributed by atoms with Crippen molar-refractivity contribution in [1.82, 2.24) is 9.97 Å². The van der Waals surface area contributed by atoms with Crippen LogP contribution in [0.3, 0.4) is 0 Å². The molecule has 2 N–H and O–H groups in total. The van der Waals surface area contributed by atoms with E-state index in [0.717, 1.165) is 5.39 Å². The Kier molecular flexibility index (Phi) is 3.57. The molecule has 6 heteroatoms. The molecule has 6 nitrogen and oxygen atoms in total. The first-order chi connectivity index (χ1) is 10.7. The highest BCUT2D eigenvalue weighted by Crippen LogP contribution is 2.27. The van der Waals surface area contributed by atoms with Gasteiger partial charge in [-0.1, -0.05) is 12.1 Å². The molecular weight excluding hydrogens is 282 g/mol. The van der Waals surface area contributed by atoms with Crippen molar-refractivity contribution in [2.24, 2.45) is 0 Å². The zero-order valence-electron chi connectivity index (χ0n) is 11.8. The van der Waals surface area contributed by atoms with Gasteiger partial charge in [-0.15, -0.1) is 0 Å². The summed E-state index contributed by atoms with van der Waals surface area (Å²) in [6.07, 6.45) is 1.59. The van der Waals surface area contributed by atoms with E-state index in [4.69, 9.17) is 4.74 Å². The number of hydrogen-bond acceptors (Lipinski definition) is 5. The summed E-state index contributed by atoms with van der Waals surface area (Å²) in [6.45, 7) is 0. The summed E-state index contributed by atoms with van der Waals surface area (Å²) in [5, 5.41) is 13.5. The molecule has 0 amide bonds. The molecule has 0 aliphatic carbocycles. The molecule has 1 heterocycles. The summed E-state index contributed by atoms with van der Waals surface area (Å²) in [6, 6.07) is 12.0. The van der Waals surface area contributed by atoms with E-state index in [1.807, 2.05) is 6.07 Å². The van der Waals surface area contributed by atoms with Crippen molar-refractivity contribution in [1.29, 1.82) is 0 Å². The monoisotopic (exact) mass is 295 g/mol. The lowest BCUT2D eigenvalue weighted by Gasteiger charge is -2.08. The number of rotatable bonds is 4. The zero-order chi connectivity index (χ0) is 15.5.